The van der Waals surface area contributed by atoms with Crippen LogP contribution in [0.2, 0.25) is 0 Å². The van der Waals surface area contributed by atoms with Crippen molar-refractivity contribution in [3.8, 4) is 0 Å². The summed E-state index contributed by atoms with van der Waals surface area (Å²) in [6.45, 7) is 7.78. The van der Waals surface area contributed by atoms with Crippen molar-refractivity contribution in [2.45, 2.75) is 38.8 Å². The maximum absolute atomic E-state index is 11.3. The molecule has 1 fully saturated rings. The number of nitrogens with one attached hydrogen (secondary N) is 2. The first-order valence-corrected chi connectivity index (χ1v) is 5.55. The van der Waals surface area contributed by atoms with Gasteiger partial charge in [-0.05, 0) is 33.7 Å². The van der Waals surface area contributed by atoms with Crippen LogP contribution in [0.5, 0.6) is 0 Å². The first-order chi connectivity index (χ1) is 7.89. The molecule has 1 unspecified atom stereocenters. The van der Waals surface area contributed by atoms with Crippen LogP contribution in [-0.4, -0.2) is 44.4 Å². The van der Waals surface area contributed by atoms with E-state index in [-0.39, 0.29) is 13.6 Å². The summed E-state index contributed by atoms with van der Waals surface area (Å²) in [6.07, 6.45) is 0.667. The highest BCUT2D eigenvalue weighted by Crippen LogP contribution is 2.07. The van der Waals surface area contributed by atoms with Gasteiger partial charge in [0.2, 0.25) is 0 Å². The van der Waals surface area contributed by atoms with E-state index < -0.39 is 5.60 Å². The lowest BCUT2D eigenvalue weighted by Crippen LogP contribution is -2.40. The van der Waals surface area contributed by atoms with Gasteiger partial charge in [-0.3, -0.25) is 4.79 Å². The van der Waals surface area contributed by atoms with E-state index in [0.29, 0.717) is 6.47 Å². The van der Waals surface area contributed by atoms with E-state index in [4.69, 9.17) is 9.53 Å². The molecule has 102 valence electrons. The summed E-state index contributed by atoms with van der Waals surface area (Å²) in [5.74, 6) is 0. The van der Waals surface area contributed by atoms with Crippen molar-refractivity contribution in [1.29, 1.82) is 0 Å². The van der Waals surface area contributed by atoms with Crippen LogP contribution in [0.4, 0.5) is 4.79 Å². The second-order valence-corrected chi connectivity index (χ2v) is 4.67. The molecule has 1 aliphatic rings. The number of methoxy groups -OCH3 is 1. The van der Waals surface area contributed by atoms with Crippen molar-refractivity contribution >= 4 is 12.6 Å². The summed E-state index contributed by atoms with van der Waals surface area (Å²) in [4.78, 5) is 20.2. The molecule has 0 aromatic heterocycles. The van der Waals surface area contributed by atoms with Crippen molar-refractivity contribution in [3.05, 3.63) is 0 Å². The topological polar surface area (TPSA) is 76.7 Å². The number of carbonyl (C=O) groups excluding carboxylic acids is 2. The normalized spacial score (nSPS) is 18.7. The van der Waals surface area contributed by atoms with Gasteiger partial charge in [0.1, 0.15) is 5.60 Å². The lowest BCUT2D eigenvalue weighted by Gasteiger charge is -2.21. The van der Waals surface area contributed by atoms with Crippen LogP contribution in [-0.2, 0) is 14.3 Å². The molecule has 1 atom stereocenters. The molecule has 0 spiro atoms. The monoisotopic (exact) mass is 248 g/mol. The molecule has 0 aromatic carbocycles. The van der Waals surface area contributed by atoms with E-state index in [1.807, 2.05) is 20.8 Å². The fourth-order valence-electron chi connectivity index (χ4n) is 1.25. The van der Waals surface area contributed by atoms with Gasteiger partial charge >= 0.3 is 6.09 Å². The molecule has 1 saturated heterocycles. The van der Waals surface area contributed by atoms with Crippen LogP contribution in [0, 0.1) is 0 Å². The van der Waals surface area contributed by atoms with Gasteiger partial charge in [0.05, 0.1) is 7.11 Å². The van der Waals surface area contributed by atoms with Gasteiger partial charge in [-0.15, -0.1) is 0 Å². The number of hydrogen-bond donors (Lipinski definition) is 2. The lowest BCUT2D eigenvalue weighted by molar-refractivity contribution is -0.126. The van der Waals surface area contributed by atoms with E-state index in [9.17, 15) is 4.79 Å². The highest BCUT2D eigenvalue weighted by atomic mass is 16.6. The maximum Gasteiger partial charge on any atom is 0.407 e. The minimum Gasteiger partial charge on any atom is -0.471 e. The SMILES string of the molecule is CC(C)(C)OC(=O)NC1CCNC1.COC=O.[HH]. The zero-order chi connectivity index (χ0) is 13.3. The molecular formula is C11H24N2O4. The fraction of sp³-hybridized carbons (Fsp3) is 0.818. The van der Waals surface area contributed by atoms with Crippen molar-refractivity contribution in [2.24, 2.45) is 0 Å². The highest BCUT2D eigenvalue weighted by Gasteiger charge is 2.21. The molecule has 0 saturated carbocycles. The molecule has 1 rings (SSSR count). The second-order valence-electron chi connectivity index (χ2n) is 4.67. The van der Waals surface area contributed by atoms with Crippen molar-refractivity contribution in [1.82, 2.24) is 10.6 Å². The molecule has 0 radical (unpaired) electrons. The molecule has 6 heteroatoms. The Bertz CT molecular complexity index is 238. The number of amides is 1. The summed E-state index contributed by atoms with van der Waals surface area (Å²) in [7, 11) is 1.31. The van der Waals surface area contributed by atoms with Crippen LogP contribution in [0.1, 0.15) is 28.6 Å². The van der Waals surface area contributed by atoms with Crippen LogP contribution in [0.3, 0.4) is 0 Å². The molecule has 1 heterocycles. The summed E-state index contributed by atoms with van der Waals surface area (Å²) < 4.78 is 8.98. The Balaban J connectivity index is 0. The number of alkyl carbamates (subject to hydrolysis) is 1. The van der Waals surface area contributed by atoms with Crippen LogP contribution < -0.4 is 10.6 Å². The average molecular weight is 248 g/mol. The number of carbonyl (C=O) groups is 2. The Labute approximate surface area is 104 Å². The third-order valence-corrected chi connectivity index (χ3v) is 1.88. The zero-order valence-corrected chi connectivity index (χ0v) is 10.9. The van der Waals surface area contributed by atoms with E-state index in [1.165, 1.54) is 7.11 Å². The summed E-state index contributed by atoms with van der Waals surface area (Å²) in [6, 6.07) is 0.231. The van der Waals surface area contributed by atoms with Crippen molar-refractivity contribution in [2.75, 3.05) is 20.2 Å². The van der Waals surface area contributed by atoms with E-state index >= 15 is 0 Å². The standard InChI is InChI=1S/C9H18N2O2.C2H4O2.H2/c1-9(2,3)13-8(12)11-7-4-5-10-6-7;1-4-2-3;/h7,10H,4-6H2,1-3H3,(H,11,12);2H,1H3;1H. The molecule has 2 N–H and O–H groups in total. The van der Waals surface area contributed by atoms with Gasteiger partial charge in [0, 0.05) is 14.0 Å². The Morgan fingerprint density at radius 1 is 1.53 bits per heavy atom. The van der Waals surface area contributed by atoms with Gasteiger partial charge in [-0.2, -0.15) is 0 Å². The number of ether oxygens (including phenoxy) is 2. The predicted molar refractivity (Wildman–Crippen MR) is 65.8 cm³/mol. The average Bonchev–Trinajstić information content (AvgIpc) is 2.67. The summed E-state index contributed by atoms with van der Waals surface area (Å²) >= 11 is 0. The second kappa shape index (κ2) is 7.89. The largest absolute Gasteiger partial charge is 0.471 e. The van der Waals surface area contributed by atoms with Gasteiger partial charge in [0.15, 0.2) is 0 Å². The zero-order valence-electron chi connectivity index (χ0n) is 10.9. The minimum absolute atomic E-state index is 0. The third kappa shape index (κ3) is 9.62. The first kappa shape index (κ1) is 15.7. The molecule has 1 amide bonds. The smallest absolute Gasteiger partial charge is 0.407 e. The molecular weight excluding hydrogens is 224 g/mol. The van der Waals surface area contributed by atoms with E-state index in [0.717, 1.165) is 19.5 Å². The Hall–Kier alpha value is -1.30. The highest BCUT2D eigenvalue weighted by molar-refractivity contribution is 5.68. The summed E-state index contributed by atoms with van der Waals surface area (Å²) in [5, 5.41) is 5.98. The van der Waals surface area contributed by atoms with Crippen molar-refractivity contribution < 1.29 is 20.5 Å². The molecule has 17 heavy (non-hydrogen) atoms. The molecule has 0 aliphatic carbocycles. The van der Waals surface area contributed by atoms with Gasteiger partial charge in [0.25, 0.3) is 6.47 Å². The minimum atomic E-state index is -0.407. The quantitative estimate of drug-likeness (QED) is 0.710. The van der Waals surface area contributed by atoms with Crippen LogP contribution >= 0.6 is 0 Å². The Kier molecular flexibility index (Phi) is 7.29. The van der Waals surface area contributed by atoms with Crippen LogP contribution in [0.15, 0.2) is 0 Å². The maximum atomic E-state index is 11.3. The fourth-order valence-corrected chi connectivity index (χ4v) is 1.25. The first-order valence-electron chi connectivity index (χ1n) is 5.55. The molecule has 1 aliphatic heterocycles. The Morgan fingerprint density at radius 3 is 2.47 bits per heavy atom. The molecule has 0 bridgehead atoms. The summed E-state index contributed by atoms with van der Waals surface area (Å²) in [5.41, 5.74) is -0.407. The lowest BCUT2D eigenvalue weighted by atomic mass is 10.2. The molecule has 0 aromatic rings. The van der Waals surface area contributed by atoms with Crippen LogP contribution in [0.25, 0.3) is 0 Å². The van der Waals surface area contributed by atoms with Gasteiger partial charge in [-0.1, -0.05) is 0 Å². The van der Waals surface area contributed by atoms with Gasteiger partial charge in [-0.25, -0.2) is 4.79 Å². The third-order valence-electron chi connectivity index (χ3n) is 1.88. The van der Waals surface area contributed by atoms with E-state index in [2.05, 4.69) is 15.4 Å². The van der Waals surface area contributed by atoms with Crippen molar-refractivity contribution in [3.63, 3.8) is 0 Å². The predicted octanol–water partition coefficient (Wildman–Crippen LogP) is 0.908. The number of rotatable bonds is 2. The Morgan fingerprint density at radius 2 is 2.12 bits per heavy atom. The number of hydrogen-bond acceptors (Lipinski definition) is 5. The molecule has 6 nitrogen and oxygen atoms in total. The van der Waals surface area contributed by atoms with Gasteiger partial charge < -0.3 is 20.1 Å². The van der Waals surface area contributed by atoms with E-state index in [1.54, 1.807) is 0 Å².